The quantitative estimate of drug-likeness (QED) is 0.324. The Hall–Kier alpha value is -3.33. The average molecular weight is 412 g/mol. The van der Waals surface area contributed by atoms with Crippen LogP contribution in [-0.2, 0) is 9.53 Å². The van der Waals surface area contributed by atoms with E-state index in [-0.39, 0.29) is 11.5 Å². The highest BCUT2D eigenvalue weighted by Gasteiger charge is 2.08. The zero-order valence-electron chi connectivity index (χ0n) is 16.0. The van der Waals surface area contributed by atoms with Gasteiger partial charge in [0.1, 0.15) is 0 Å². The van der Waals surface area contributed by atoms with Crippen LogP contribution in [0.4, 0.5) is 16.5 Å². The summed E-state index contributed by atoms with van der Waals surface area (Å²) in [4.78, 5) is 28.2. The van der Waals surface area contributed by atoms with Gasteiger partial charge in [-0.15, -0.1) is 10.2 Å². The molecule has 0 saturated heterocycles. The number of carbonyl (C=O) groups is 2. The van der Waals surface area contributed by atoms with Crippen molar-refractivity contribution in [1.29, 1.82) is 0 Å². The standard InChI is InChI=1S/C20H20N4O4S/c1-13(25)28-11-3-10-24(2)16-7-5-15(6-8-16)22-23-20-21-17-9-4-14(19(26)27)12-18(17)29-20/h4-9,12H,3,10-11H2,1-2H3,(H,26,27). The number of thiazole rings is 1. The van der Waals surface area contributed by atoms with Crippen LogP contribution in [0.15, 0.2) is 52.7 Å². The monoisotopic (exact) mass is 412 g/mol. The van der Waals surface area contributed by atoms with Crippen LogP contribution in [0.25, 0.3) is 10.2 Å². The van der Waals surface area contributed by atoms with Crippen LogP contribution in [0.2, 0.25) is 0 Å². The van der Waals surface area contributed by atoms with Crippen LogP contribution < -0.4 is 4.90 Å². The highest BCUT2D eigenvalue weighted by molar-refractivity contribution is 7.21. The number of anilines is 1. The second-order valence-corrected chi connectivity index (χ2v) is 7.32. The minimum Gasteiger partial charge on any atom is -0.478 e. The molecule has 2 aromatic carbocycles. The Morgan fingerprint density at radius 1 is 1.17 bits per heavy atom. The fraction of sp³-hybridized carbons (Fsp3) is 0.250. The first-order valence-electron chi connectivity index (χ1n) is 8.92. The molecule has 8 nitrogen and oxygen atoms in total. The molecule has 9 heteroatoms. The average Bonchev–Trinajstić information content (AvgIpc) is 3.11. The van der Waals surface area contributed by atoms with E-state index in [1.54, 1.807) is 12.1 Å². The van der Waals surface area contributed by atoms with Gasteiger partial charge in [0.25, 0.3) is 0 Å². The molecule has 0 amide bonds. The van der Waals surface area contributed by atoms with Gasteiger partial charge in [-0.3, -0.25) is 4.79 Å². The predicted octanol–water partition coefficient (Wildman–Crippen LogP) is 4.80. The number of ether oxygens (including phenoxy) is 1. The third-order valence-corrected chi connectivity index (χ3v) is 5.01. The molecule has 0 atom stereocenters. The molecular weight excluding hydrogens is 392 g/mol. The van der Waals surface area contributed by atoms with E-state index < -0.39 is 5.97 Å². The number of carbonyl (C=O) groups excluding carboxylic acids is 1. The first kappa shape index (κ1) is 20.4. The number of nitrogens with zero attached hydrogens (tertiary/aromatic N) is 4. The summed E-state index contributed by atoms with van der Waals surface area (Å²) < 4.78 is 5.69. The number of aromatic carboxylic acids is 1. The Labute approximate surface area is 171 Å². The third kappa shape index (κ3) is 5.58. The number of hydrogen-bond acceptors (Lipinski definition) is 8. The van der Waals surface area contributed by atoms with E-state index >= 15 is 0 Å². The first-order valence-corrected chi connectivity index (χ1v) is 9.74. The zero-order chi connectivity index (χ0) is 20.8. The number of fused-ring (bicyclic) bond motifs is 1. The van der Waals surface area contributed by atoms with Crippen molar-refractivity contribution in [3.63, 3.8) is 0 Å². The molecule has 150 valence electrons. The van der Waals surface area contributed by atoms with Crippen molar-refractivity contribution in [2.75, 3.05) is 25.1 Å². The molecule has 0 aliphatic carbocycles. The van der Waals surface area contributed by atoms with Crippen LogP contribution in [0.3, 0.4) is 0 Å². The summed E-state index contributed by atoms with van der Waals surface area (Å²) in [6.45, 7) is 2.57. The molecule has 0 aliphatic heterocycles. The van der Waals surface area contributed by atoms with Crippen LogP contribution in [0.5, 0.6) is 0 Å². The fourth-order valence-corrected chi connectivity index (χ4v) is 3.44. The van der Waals surface area contributed by atoms with Gasteiger partial charge in [-0.1, -0.05) is 11.3 Å². The summed E-state index contributed by atoms with van der Waals surface area (Å²) >= 11 is 1.29. The van der Waals surface area contributed by atoms with E-state index in [1.807, 2.05) is 31.3 Å². The number of hydrogen-bond donors (Lipinski definition) is 1. The molecule has 3 rings (SSSR count). The molecule has 0 saturated carbocycles. The zero-order valence-corrected chi connectivity index (χ0v) is 16.8. The Bertz CT molecular complexity index is 1050. The second kappa shape index (κ2) is 9.24. The maximum absolute atomic E-state index is 11.1. The molecular formula is C20H20N4O4S. The summed E-state index contributed by atoms with van der Waals surface area (Å²) in [5.41, 5.74) is 2.62. The second-order valence-electron chi connectivity index (χ2n) is 6.32. The van der Waals surface area contributed by atoms with E-state index in [1.165, 1.54) is 24.3 Å². The number of rotatable bonds is 8. The summed E-state index contributed by atoms with van der Waals surface area (Å²) in [7, 11) is 1.97. The summed E-state index contributed by atoms with van der Waals surface area (Å²) in [5, 5.41) is 17.9. The minimum atomic E-state index is -0.972. The Kier molecular flexibility index (Phi) is 6.50. The predicted molar refractivity (Wildman–Crippen MR) is 112 cm³/mol. The van der Waals surface area contributed by atoms with Gasteiger partial charge in [-0.05, 0) is 48.9 Å². The Morgan fingerprint density at radius 2 is 1.93 bits per heavy atom. The van der Waals surface area contributed by atoms with Crippen molar-refractivity contribution in [3.05, 3.63) is 48.0 Å². The van der Waals surface area contributed by atoms with E-state index in [4.69, 9.17) is 9.84 Å². The molecule has 0 radical (unpaired) electrons. The highest BCUT2D eigenvalue weighted by Crippen LogP contribution is 2.30. The number of carboxylic acid groups (broad SMARTS) is 1. The van der Waals surface area contributed by atoms with Gasteiger partial charge in [-0.2, -0.15) is 0 Å². The van der Waals surface area contributed by atoms with Crippen molar-refractivity contribution in [3.8, 4) is 0 Å². The van der Waals surface area contributed by atoms with Gasteiger partial charge in [-0.25, -0.2) is 9.78 Å². The van der Waals surface area contributed by atoms with Crippen molar-refractivity contribution < 1.29 is 19.4 Å². The number of aromatic nitrogens is 1. The summed E-state index contributed by atoms with van der Waals surface area (Å²) in [6.07, 6.45) is 0.749. The van der Waals surface area contributed by atoms with Crippen LogP contribution in [0.1, 0.15) is 23.7 Å². The van der Waals surface area contributed by atoms with Crippen LogP contribution in [0, 0.1) is 0 Å². The molecule has 0 spiro atoms. The van der Waals surface area contributed by atoms with E-state index in [0.29, 0.717) is 22.9 Å². The lowest BCUT2D eigenvalue weighted by atomic mass is 10.2. The van der Waals surface area contributed by atoms with Crippen LogP contribution >= 0.6 is 11.3 Å². The normalized spacial score (nSPS) is 11.1. The molecule has 1 heterocycles. The van der Waals surface area contributed by atoms with Crippen molar-refractivity contribution in [1.82, 2.24) is 4.98 Å². The van der Waals surface area contributed by atoms with Crippen LogP contribution in [-0.4, -0.2) is 42.2 Å². The largest absolute Gasteiger partial charge is 0.478 e. The Morgan fingerprint density at radius 3 is 2.62 bits per heavy atom. The highest BCUT2D eigenvalue weighted by atomic mass is 32.1. The van der Waals surface area contributed by atoms with Crippen molar-refractivity contribution >= 4 is 50.0 Å². The van der Waals surface area contributed by atoms with E-state index in [2.05, 4.69) is 20.1 Å². The summed E-state index contributed by atoms with van der Waals surface area (Å²) in [6, 6.07) is 12.4. The Balaban J connectivity index is 1.61. The fourth-order valence-electron chi connectivity index (χ4n) is 2.61. The maximum Gasteiger partial charge on any atom is 0.335 e. The lowest BCUT2D eigenvalue weighted by molar-refractivity contribution is -0.140. The van der Waals surface area contributed by atoms with Gasteiger partial charge in [0.2, 0.25) is 5.13 Å². The molecule has 1 aromatic heterocycles. The first-order chi connectivity index (χ1) is 13.9. The van der Waals surface area contributed by atoms with Gasteiger partial charge < -0.3 is 14.7 Å². The lowest BCUT2D eigenvalue weighted by Crippen LogP contribution is -2.20. The smallest absolute Gasteiger partial charge is 0.335 e. The lowest BCUT2D eigenvalue weighted by Gasteiger charge is -2.19. The number of benzene rings is 2. The van der Waals surface area contributed by atoms with Gasteiger partial charge >= 0.3 is 11.9 Å². The van der Waals surface area contributed by atoms with Crippen molar-refractivity contribution in [2.45, 2.75) is 13.3 Å². The maximum atomic E-state index is 11.1. The van der Waals surface area contributed by atoms with E-state index in [0.717, 1.165) is 23.4 Å². The SMILES string of the molecule is CC(=O)OCCCN(C)c1ccc(N=Nc2nc3ccc(C(=O)O)cc3s2)cc1. The molecule has 0 aliphatic rings. The minimum absolute atomic E-state index is 0.220. The number of azo groups is 1. The molecule has 0 bridgehead atoms. The van der Waals surface area contributed by atoms with Crippen molar-refractivity contribution in [2.24, 2.45) is 10.2 Å². The molecule has 0 fully saturated rings. The van der Waals surface area contributed by atoms with Gasteiger partial charge in [0.05, 0.1) is 28.1 Å². The molecule has 29 heavy (non-hydrogen) atoms. The molecule has 0 unspecified atom stereocenters. The number of carboxylic acids is 1. The van der Waals surface area contributed by atoms with E-state index in [9.17, 15) is 9.59 Å². The van der Waals surface area contributed by atoms with Gasteiger partial charge in [0, 0.05) is 26.2 Å². The third-order valence-electron chi connectivity index (χ3n) is 4.11. The molecule has 3 aromatic rings. The topological polar surface area (TPSA) is 104 Å². The summed E-state index contributed by atoms with van der Waals surface area (Å²) in [5.74, 6) is -1.24. The van der Waals surface area contributed by atoms with Gasteiger partial charge in [0.15, 0.2) is 0 Å². The molecule has 1 N–H and O–H groups in total. The number of esters is 1.